The molecule has 0 saturated carbocycles. The highest BCUT2D eigenvalue weighted by Crippen LogP contribution is 2.40. The summed E-state index contributed by atoms with van der Waals surface area (Å²) in [7, 11) is 2.03. The summed E-state index contributed by atoms with van der Waals surface area (Å²) in [4.78, 5) is 4.91. The maximum atomic E-state index is 8.44. The smallest absolute Gasteiger partial charge is 0.220 e. The molecule has 0 bridgehead atoms. The van der Waals surface area contributed by atoms with Crippen LogP contribution in [0.5, 0.6) is 0 Å². The van der Waals surface area contributed by atoms with Gasteiger partial charge in [0.2, 0.25) is 5.69 Å². The van der Waals surface area contributed by atoms with Crippen LogP contribution in [0, 0.1) is 27.6 Å². The van der Waals surface area contributed by atoms with Crippen LogP contribution in [-0.4, -0.2) is 9.55 Å². The number of para-hydroxylation sites is 1. The molecule has 3 heteroatoms. The fourth-order valence-electron chi connectivity index (χ4n) is 5.11. The molecule has 0 N–H and O–H groups in total. The van der Waals surface area contributed by atoms with Gasteiger partial charge >= 0.3 is 0 Å². The zero-order valence-corrected chi connectivity index (χ0v) is 18.2. The number of hydrogen-bond acceptors (Lipinski definition) is 1. The molecule has 3 nitrogen and oxygen atoms in total. The van der Waals surface area contributed by atoms with Crippen molar-refractivity contribution >= 4 is 21.8 Å². The second-order valence-electron chi connectivity index (χ2n) is 8.77. The van der Waals surface area contributed by atoms with Crippen LogP contribution in [0.4, 0.5) is 0 Å². The second-order valence-corrected chi connectivity index (χ2v) is 8.77. The first-order chi connectivity index (χ1) is 16.1. The van der Waals surface area contributed by atoms with E-state index in [2.05, 4.69) is 71.6 Å². The minimum Gasteiger partial charge on any atom is -0.296 e. The zero-order chi connectivity index (χ0) is 23.9. The summed E-state index contributed by atoms with van der Waals surface area (Å²) in [5.74, 6) is 0.902. The Morgan fingerprint density at radius 3 is 2.74 bits per heavy atom. The minimum absolute atomic E-state index is 0.454. The molecule has 3 heterocycles. The highest BCUT2D eigenvalue weighted by Gasteiger charge is 2.28. The van der Waals surface area contributed by atoms with Crippen LogP contribution >= 0.6 is 0 Å². The summed E-state index contributed by atoms with van der Waals surface area (Å²) in [6, 6.07) is 16.9. The van der Waals surface area contributed by atoms with E-state index in [9.17, 15) is 0 Å². The van der Waals surface area contributed by atoms with Crippen LogP contribution in [0.1, 0.15) is 37.8 Å². The summed E-state index contributed by atoms with van der Waals surface area (Å²) in [5.41, 5.74) is 9.37. The van der Waals surface area contributed by atoms with E-state index in [1.165, 1.54) is 5.56 Å². The topological polar surface area (TPSA) is 21.7 Å². The molecular formula is C28H26N3+. The first kappa shape index (κ1) is 15.4. The summed E-state index contributed by atoms with van der Waals surface area (Å²) in [6.07, 6.45) is 2.58. The number of nitrogens with zero attached hydrogens (tertiary/aromatic N) is 3. The molecule has 0 fully saturated rings. The third kappa shape index (κ3) is 2.46. The number of benzene rings is 3. The van der Waals surface area contributed by atoms with Gasteiger partial charge in [-0.2, -0.15) is 0 Å². The van der Waals surface area contributed by atoms with Gasteiger partial charge in [-0.3, -0.25) is 4.57 Å². The van der Waals surface area contributed by atoms with Crippen molar-refractivity contribution in [3.63, 3.8) is 0 Å². The highest BCUT2D eigenvalue weighted by atomic mass is 15.1. The van der Waals surface area contributed by atoms with Crippen LogP contribution in [0.3, 0.4) is 0 Å². The Labute approximate surface area is 186 Å². The van der Waals surface area contributed by atoms with Gasteiger partial charge in [0.15, 0.2) is 6.20 Å². The summed E-state index contributed by atoms with van der Waals surface area (Å²) >= 11 is 0. The Morgan fingerprint density at radius 1 is 1.03 bits per heavy atom. The van der Waals surface area contributed by atoms with Gasteiger partial charge in [-0.1, -0.05) is 29.8 Å². The summed E-state index contributed by atoms with van der Waals surface area (Å²) in [6.45, 7) is 3.89. The first-order valence-electron chi connectivity index (χ1n) is 12.2. The maximum Gasteiger partial charge on any atom is 0.220 e. The lowest BCUT2D eigenvalue weighted by Crippen LogP contribution is -2.31. The first-order valence-corrected chi connectivity index (χ1v) is 10.7. The van der Waals surface area contributed by atoms with E-state index < -0.39 is 6.85 Å². The molecule has 0 amide bonds. The van der Waals surface area contributed by atoms with E-state index in [1.807, 2.05) is 20.0 Å². The van der Waals surface area contributed by atoms with Crippen LogP contribution < -0.4 is 4.57 Å². The van der Waals surface area contributed by atoms with Crippen LogP contribution in [0.15, 0.2) is 54.7 Å². The number of aromatic nitrogens is 3. The molecule has 31 heavy (non-hydrogen) atoms. The van der Waals surface area contributed by atoms with E-state index in [-0.39, 0.29) is 0 Å². The largest absolute Gasteiger partial charge is 0.296 e. The molecule has 1 aliphatic heterocycles. The third-order valence-electron chi connectivity index (χ3n) is 6.75. The van der Waals surface area contributed by atoms with Crippen molar-refractivity contribution in [3.8, 4) is 16.9 Å². The Hall–Kier alpha value is -3.46. The van der Waals surface area contributed by atoms with Gasteiger partial charge < -0.3 is 0 Å². The van der Waals surface area contributed by atoms with E-state index >= 15 is 0 Å². The van der Waals surface area contributed by atoms with Crippen molar-refractivity contribution in [1.82, 2.24) is 9.55 Å². The zero-order valence-electron chi connectivity index (χ0n) is 21.2. The van der Waals surface area contributed by atoms with Crippen molar-refractivity contribution in [2.45, 2.75) is 34.0 Å². The lowest BCUT2D eigenvalue weighted by atomic mass is 9.91. The van der Waals surface area contributed by atoms with E-state index in [0.29, 0.717) is 12.0 Å². The Balaban J connectivity index is 1.74. The molecule has 6 rings (SSSR count). The van der Waals surface area contributed by atoms with E-state index in [1.54, 1.807) is 0 Å². The molecule has 0 spiro atoms. The predicted molar refractivity (Wildman–Crippen MR) is 127 cm³/mol. The van der Waals surface area contributed by atoms with Crippen LogP contribution in [-0.2, 0) is 13.5 Å². The average Bonchev–Trinajstić information content (AvgIpc) is 3.30. The molecule has 0 saturated heterocycles. The normalized spacial score (nSPS) is 14.4. The molecule has 0 unspecified atom stereocenters. The number of rotatable bonds is 1. The monoisotopic (exact) mass is 407 g/mol. The summed E-state index contributed by atoms with van der Waals surface area (Å²) < 4.78 is 29.6. The quantitative estimate of drug-likeness (QED) is 0.315. The standard InChI is InChI=1S/C28H26N3/c1-16-9-10-21-20(13-16)11-12-30(5)28(21)23-14-25-22(18(3)19(23)4)15-26-29-27-17(2)7-6-8-24(27)31(25)26/h6-14H,15H2,1-5H3/q+1/i3D3. The van der Waals surface area contributed by atoms with Crippen LogP contribution in [0.25, 0.3) is 38.8 Å². The predicted octanol–water partition coefficient (Wildman–Crippen LogP) is 5.81. The minimum atomic E-state index is -2.22. The molecule has 0 aliphatic carbocycles. The molecule has 2 aromatic heterocycles. The van der Waals surface area contributed by atoms with Gasteiger partial charge in [0.1, 0.15) is 12.9 Å². The van der Waals surface area contributed by atoms with E-state index in [0.717, 1.165) is 61.3 Å². The van der Waals surface area contributed by atoms with Gasteiger partial charge in [0.25, 0.3) is 0 Å². The SMILES string of the molecule is [2H]C([2H])([2H])c1c(C)c(-c2c3ccc(C)cc3cc[n+]2C)cc2c1Cc1nc3c(C)cccc3n1-2. The molecular weight excluding hydrogens is 378 g/mol. The van der Waals surface area contributed by atoms with Gasteiger partial charge in [-0.25, -0.2) is 9.55 Å². The van der Waals surface area contributed by atoms with Crippen molar-refractivity contribution in [2.24, 2.45) is 7.05 Å². The van der Waals surface area contributed by atoms with E-state index in [4.69, 9.17) is 9.10 Å². The Morgan fingerprint density at radius 2 is 1.90 bits per heavy atom. The fraction of sp³-hybridized carbons (Fsp3) is 0.214. The van der Waals surface area contributed by atoms with Gasteiger partial charge in [0.05, 0.1) is 27.7 Å². The maximum absolute atomic E-state index is 8.44. The molecule has 152 valence electrons. The molecule has 0 radical (unpaired) electrons. The van der Waals surface area contributed by atoms with Crippen LogP contribution in [0.2, 0.25) is 0 Å². The molecule has 3 aromatic carbocycles. The van der Waals surface area contributed by atoms with Crippen molar-refractivity contribution in [1.29, 1.82) is 0 Å². The Bertz CT molecular complexity index is 1660. The number of hydrogen-bond donors (Lipinski definition) is 0. The number of fused-ring (bicyclic) bond motifs is 6. The number of pyridine rings is 1. The van der Waals surface area contributed by atoms with Gasteiger partial charge in [-0.15, -0.1) is 0 Å². The summed E-state index contributed by atoms with van der Waals surface area (Å²) in [5, 5.41) is 2.26. The highest BCUT2D eigenvalue weighted by molar-refractivity contribution is 5.95. The van der Waals surface area contributed by atoms with Crippen molar-refractivity contribution in [2.75, 3.05) is 0 Å². The van der Waals surface area contributed by atoms with Crippen molar-refractivity contribution < 1.29 is 8.68 Å². The molecule has 0 atom stereocenters. The third-order valence-corrected chi connectivity index (χ3v) is 6.75. The average molecular weight is 408 g/mol. The molecule has 1 aliphatic rings. The fourth-order valence-corrected chi connectivity index (χ4v) is 5.11. The molecule has 5 aromatic rings. The lowest BCUT2D eigenvalue weighted by Gasteiger charge is -2.15. The lowest BCUT2D eigenvalue weighted by molar-refractivity contribution is -0.659. The van der Waals surface area contributed by atoms with Gasteiger partial charge in [0, 0.05) is 16.6 Å². The second kappa shape index (κ2) is 6.27. The van der Waals surface area contributed by atoms with Crippen molar-refractivity contribution in [3.05, 3.63) is 88.4 Å². The van der Waals surface area contributed by atoms with Gasteiger partial charge in [-0.05, 0) is 73.5 Å². The Kier molecular flexibility index (Phi) is 3.11. The number of imidazole rings is 1. The number of aryl methyl sites for hydroxylation is 3.